The molecule has 0 saturated heterocycles. The first-order valence-electron chi connectivity index (χ1n) is 14.6. The van der Waals surface area contributed by atoms with Crippen molar-refractivity contribution in [2.24, 2.45) is 10.9 Å². The monoisotopic (exact) mass is 564 g/mol. The maximum atomic E-state index is 13.2. The summed E-state index contributed by atoms with van der Waals surface area (Å²) in [7, 11) is 0. The summed E-state index contributed by atoms with van der Waals surface area (Å²) in [5.74, 6) is 1.86. The maximum absolute atomic E-state index is 13.2. The number of hydrogen-bond donors (Lipinski definition) is 2. The predicted octanol–water partition coefficient (Wildman–Crippen LogP) is 7.93. The van der Waals surface area contributed by atoms with Crippen molar-refractivity contribution in [3.63, 3.8) is 0 Å². The Morgan fingerprint density at radius 1 is 1.24 bits per heavy atom. The van der Waals surface area contributed by atoms with Gasteiger partial charge in [-0.25, -0.2) is 4.99 Å². The van der Waals surface area contributed by atoms with Crippen LogP contribution >= 0.6 is 0 Å². The van der Waals surface area contributed by atoms with Crippen LogP contribution in [0.15, 0.2) is 102 Å². The fraction of sp³-hybridized carbons (Fsp3) is 0.306. The summed E-state index contributed by atoms with van der Waals surface area (Å²) < 4.78 is 11.5. The zero-order valence-electron chi connectivity index (χ0n) is 25.3. The molecule has 218 valence electrons. The number of amidine groups is 1. The van der Waals surface area contributed by atoms with Gasteiger partial charge in [-0.05, 0) is 69.4 Å². The number of fused-ring (bicyclic) bond motifs is 1. The molecule has 0 saturated carbocycles. The standard InChI is InChI=1S/C36H41N3O3/c1-8-11-20-42-29-17-19-31(33(22-29)41-10-3)37-23-28-21-32(40)30-18-12-24(4)34(39-35(30)38-28)26-13-15-27(16-14-26)36(6,7)25(5)9-2/h9,11,13-17,19-22,30,37H,2,5-6,8,10,12,18,23H2,1,3-4,7H3/p+1. The van der Waals surface area contributed by atoms with E-state index >= 15 is 0 Å². The van der Waals surface area contributed by atoms with Crippen LogP contribution in [0.25, 0.3) is 5.70 Å². The highest BCUT2D eigenvalue weighted by Crippen LogP contribution is 2.35. The minimum atomic E-state index is -0.463. The van der Waals surface area contributed by atoms with E-state index in [1.807, 2.05) is 38.1 Å². The van der Waals surface area contributed by atoms with Crippen molar-refractivity contribution in [3.8, 4) is 11.5 Å². The van der Waals surface area contributed by atoms with E-state index in [1.165, 1.54) is 0 Å². The molecule has 2 atom stereocenters. The lowest BCUT2D eigenvalue weighted by Crippen LogP contribution is -2.40. The molecule has 2 aliphatic rings. The molecule has 6 heteroatoms. The minimum Gasteiger partial charge on any atom is -0.492 e. The van der Waals surface area contributed by atoms with Crippen molar-refractivity contribution in [2.75, 3.05) is 18.5 Å². The molecule has 0 bridgehead atoms. The van der Waals surface area contributed by atoms with Gasteiger partial charge in [0.1, 0.15) is 17.3 Å². The van der Waals surface area contributed by atoms with E-state index < -0.39 is 5.41 Å². The Balaban J connectivity index is 1.53. The topological polar surface area (TPSA) is 72.0 Å². The normalized spacial score (nSPS) is 18.2. The first-order valence-corrected chi connectivity index (χ1v) is 14.6. The van der Waals surface area contributed by atoms with Crippen molar-refractivity contribution in [3.05, 3.63) is 115 Å². The lowest BCUT2D eigenvalue weighted by molar-refractivity contribution is -0.116. The highest BCUT2D eigenvalue weighted by Gasteiger charge is 2.32. The summed E-state index contributed by atoms with van der Waals surface area (Å²) in [4.78, 5) is 18.3. The zero-order valence-corrected chi connectivity index (χ0v) is 25.3. The largest absolute Gasteiger partial charge is 0.492 e. The van der Waals surface area contributed by atoms with Crippen LogP contribution < -0.4 is 20.1 Å². The van der Waals surface area contributed by atoms with Gasteiger partial charge in [0.25, 0.3) is 0 Å². The molecule has 2 heterocycles. The Morgan fingerprint density at radius 2 is 2.00 bits per heavy atom. The third-order valence-electron chi connectivity index (χ3n) is 7.73. The summed E-state index contributed by atoms with van der Waals surface area (Å²) in [5, 5.41) is 6.87. The van der Waals surface area contributed by atoms with Crippen molar-refractivity contribution < 1.29 is 14.3 Å². The lowest BCUT2D eigenvalue weighted by atomic mass is 9.78. The third kappa shape index (κ3) is 6.88. The first kappa shape index (κ1) is 30.5. The SMILES string of the molecule is C=CC(=C)C([CH2+])(C)c1ccc(C2=C(C)CCC3C(=O)C=C(CNc4ccc(OC=CCC)cc4OCC)NC3=N2)cc1. The number of rotatable bonds is 12. The Labute approximate surface area is 250 Å². The van der Waals surface area contributed by atoms with E-state index in [4.69, 9.17) is 14.5 Å². The summed E-state index contributed by atoms with van der Waals surface area (Å²) in [6, 6.07) is 14.0. The van der Waals surface area contributed by atoms with Gasteiger partial charge in [-0.15, -0.1) is 0 Å². The molecule has 2 unspecified atom stereocenters. The number of nitrogens with one attached hydrogen (secondary N) is 2. The Kier molecular flexibility index (Phi) is 9.79. The van der Waals surface area contributed by atoms with E-state index in [2.05, 4.69) is 68.8 Å². The molecule has 0 aliphatic carbocycles. The Morgan fingerprint density at radius 3 is 2.69 bits per heavy atom. The number of aliphatic imine (C=N–C) groups is 1. The summed E-state index contributed by atoms with van der Waals surface area (Å²) in [6.07, 6.45) is 9.49. The fourth-order valence-corrected chi connectivity index (χ4v) is 5.00. The Bertz CT molecular complexity index is 1460. The Hall–Kier alpha value is -4.45. The fourth-order valence-electron chi connectivity index (χ4n) is 5.00. The van der Waals surface area contributed by atoms with Crippen LogP contribution in [-0.4, -0.2) is 24.8 Å². The van der Waals surface area contributed by atoms with Crippen molar-refractivity contribution in [1.82, 2.24) is 5.32 Å². The van der Waals surface area contributed by atoms with Crippen LogP contribution in [0.3, 0.4) is 0 Å². The predicted molar refractivity (Wildman–Crippen MR) is 174 cm³/mol. The summed E-state index contributed by atoms with van der Waals surface area (Å²) in [6.45, 7) is 21.4. The number of allylic oxidation sites excluding steroid dienone is 5. The number of carbonyl (C=O) groups is 1. The average molecular weight is 565 g/mol. The molecule has 0 fully saturated rings. The molecule has 42 heavy (non-hydrogen) atoms. The van der Waals surface area contributed by atoms with Crippen molar-refractivity contribution >= 4 is 23.0 Å². The number of benzene rings is 2. The van der Waals surface area contributed by atoms with Crippen molar-refractivity contribution in [1.29, 1.82) is 0 Å². The van der Waals surface area contributed by atoms with Gasteiger partial charge in [-0.1, -0.05) is 50.4 Å². The quantitative estimate of drug-likeness (QED) is 0.156. The van der Waals surface area contributed by atoms with E-state index in [9.17, 15) is 4.79 Å². The van der Waals surface area contributed by atoms with E-state index in [1.54, 1.807) is 18.4 Å². The number of nitrogens with zero attached hydrogens (tertiary/aromatic N) is 1. The smallest absolute Gasteiger partial charge is 0.168 e. The van der Waals surface area contributed by atoms with E-state index in [-0.39, 0.29) is 11.7 Å². The van der Waals surface area contributed by atoms with Crippen LogP contribution in [-0.2, 0) is 10.2 Å². The van der Waals surface area contributed by atoms with E-state index in [0.29, 0.717) is 36.9 Å². The van der Waals surface area contributed by atoms with Gasteiger partial charge in [0, 0.05) is 29.0 Å². The second-order valence-corrected chi connectivity index (χ2v) is 10.9. The molecule has 2 aromatic rings. The number of ketones is 1. The van der Waals surface area contributed by atoms with Gasteiger partial charge in [0.15, 0.2) is 11.2 Å². The minimum absolute atomic E-state index is 0.0703. The van der Waals surface area contributed by atoms with Crippen LogP contribution in [0, 0.1) is 12.8 Å². The molecular formula is C36H42N3O3+. The van der Waals surface area contributed by atoms with E-state index in [0.717, 1.165) is 52.2 Å². The lowest BCUT2D eigenvalue weighted by Gasteiger charge is -2.25. The number of ether oxygens (including phenoxy) is 2. The van der Waals surface area contributed by atoms with Gasteiger partial charge in [-0.3, -0.25) is 4.79 Å². The molecule has 0 spiro atoms. The number of carbonyl (C=O) groups excluding carboxylic acids is 1. The zero-order chi connectivity index (χ0) is 30.3. The molecule has 0 amide bonds. The molecule has 4 rings (SSSR count). The van der Waals surface area contributed by atoms with Gasteiger partial charge in [-0.2, -0.15) is 0 Å². The molecular weight excluding hydrogens is 522 g/mol. The maximum Gasteiger partial charge on any atom is 0.168 e. The highest BCUT2D eigenvalue weighted by molar-refractivity contribution is 6.13. The molecule has 0 radical (unpaired) electrons. The molecule has 6 nitrogen and oxygen atoms in total. The van der Waals surface area contributed by atoms with Crippen LogP contribution in [0.5, 0.6) is 11.5 Å². The second kappa shape index (κ2) is 13.5. The molecule has 2 aliphatic heterocycles. The van der Waals surface area contributed by atoms with Gasteiger partial charge >= 0.3 is 0 Å². The van der Waals surface area contributed by atoms with Gasteiger partial charge in [0.05, 0.1) is 43.6 Å². The molecule has 2 aromatic carbocycles. The summed E-state index contributed by atoms with van der Waals surface area (Å²) in [5.41, 5.74) is 6.09. The van der Waals surface area contributed by atoms with Crippen molar-refractivity contribution in [2.45, 2.75) is 52.4 Å². The second-order valence-electron chi connectivity index (χ2n) is 10.9. The molecule has 2 N–H and O–H groups in total. The van der Waals surface area contributed by atoms with Crippen LogP contribution in [0.4, 0.5) is 5.69 Å². The average Bonchev–Trinajstić information content (AvgIpc) is 3.15. The molecule has 0 aromatic heterocycles. The summed E-state index contributed by atoms with van der Waals surface area (Å²) >= 11 is 0. The van der Waals surface area contributed by atoms with Crippen LogP contribution in [0.1, 0.15) is 58.1 Å². The number of hydrogen-bond acceptors (Lipinski definition) is 6. The highest BCUT2D eigenvalue weighted by atomic mass is 16.5. The van der Waals surface area contributed by atoms with Gasteiger partial charge in [0.2, 0.25) is 0 Å². The first-order chi connectivity index (χ1) is 20.2. The van der Waals surface area contributed by atoms with Gasteiger partial charge < -0.3 is 20.1 Å². The van der Waals surface area contributed by atoms with Crippen LogP contribution in [0.2, 0.25) is 0 Å². The third-order valence-corrected chi connectivity index (χ3v) is 7.73. The number of anilines is 1.